The van der Waals surface area contributed by atoms with E-state index in [1.165, 1.54) is 53.5 Å². The molecule has 0 atom stereocenters. The van der Waals surface area contributed by atoms with Gasteiger partial charge in [-0.2, -0.15) is 0 Å². The van der Waals surface area contributed by atoms with Crippen LogP contribution >= 0.6 is 11.8 Å². The molecular weight excluding hydrogens is 653 g/mol. The molecule has 4 nitrogen and oxygen atoms in total. The summed E-state index contributed by atoms with van der Waals surface area (Å²) in [5, 5.41) is 7.46. The van der Waals surface area contributed by atoms with Crippen LogP contribution in [0.25, 0.3) is 94.3 Å². The van der Waals surface area contributed by atoms with Gasteiger partial charge in [-0.05, 0) is 58.3 Å². The first-order valence-corrected chi connectivity index (χ1v) is 18.3. The minimum Gasteiger partial charge on any atom is -0.309 e. The van der Waals surface area contributed by atoms with Crippen LogP contribution in [-0.2, 0) is 0 Å². The van der Waals surface area contributed by atoms with E-state index in [0.29, 0.717) is 17.5 Å². The van der Waals surface area contributed by atoms with Gasteiger partial charge in [-0.15, -0.1) is 0 Å². The lowest BCUT2D eigenvalue weighted by molar-refractivity contribution is 1.08. The number of hydrogen-bond acceptors (Lipinski definition) is 4. The summed E-state index contributed by atoms with van der Waals surface area (Å²) in [6.45, 7) is 0. The smallest absolute Gasteiger partial charge is 0.164 e. The monoisotopic (exact) mass is 680 g/mol. The van der Waals surface area contributed by atoms with Gasteiger partial charge >= 0.3 is 0 Å². The molecule has 52 heavy (non-hydrogen) atoms. The zero-order valence-electron chi connectivity index (χ0n) is 27.9. The summed E-state index contributed by atoms with van der Waals surface area (Å²) in [6.07, 6.45) is 0. The fraction of sp³-hybridized carbons (Fsp3) is 0. The van der Waals surface area contributed by atoms with Crippen LogP contribution in [0.5, 0.6) is 0 Å². The normalized spacial score (nSPS) is 12.2. The maximum absolute atomic E-state index is 5.11. The van der Waals surface area contributed by atoms with Crippen LogP contribution in [0.2, 0.25) is 0 Å². The van der Waals surface area contributed by atoms with Gasteiger partial charge in [-0.1, -0.05) is 145 Å². The third-order valence-electron chi connectivity index (χ3n) is 10.2. The van der Waals surface area contributed by atoms with Gasteiger partial charge in [0.25, 0.3) is 0 Å². The van der Waals surface area contributed by atoms with Crippen molar-refractivity contribution in [1.82, 2.24) is 19.5 Å². The summed E-state index contributed by atoms with van der Waals surface area (Å²) in [7, 11) is 0. The Bertz CT molecular complexity index is 2970. The molecule has 0 saturated heterocycles. The first-order valence-electron chi connectivity index (χ1n) is 17.5. The average molecular weight is 681 g/mol. The predicted octanol–water partition coefficient (Wildman–Crippen LogP) is 12.4. The third kappa shape index (κ3) is 4.46. The van der Waals surface area contributed by atoms with Gasteiger partial charge in [0, 0.05) is 48.0 Å². The number of aromatic nitrogens is 4. The second-order valence-electron chi connectivity index (χ2n) is 13.2. The van der Waals surface area contributed by atoms with Crippen LogP contribution in [0.4, 0.5) is 0 Å². The highest BCUT2D eigenvalue weighted by molar-refractivity contribution is 8.00. The number of benzene rings is 8. The number of hydrogen-bond donors (Lipinski definition) is 0. The lowest BCUT2D eigenvalue weighted by atomic mass is 10.0. The van der Waals surface area contributed by atoms with Crippen LogP contribution < -0.4 is 0 Å². The molecule has 1 aliphatic rings. The first kappa shape index (κ1) is 29.2. The van der Waals surface area contributed by atoms with Gasteiger partial charge in [0.2, 0.25) is 0 Å². The van der Waals surface area contributed by atoms with Gasteiger partial charge in [-0.3, -0.25) is 0 Å². The largest absolute Gasteiger partial charge is 0.309 e. The van der Waals surface area contributed by atoms with Crippen molar-refractivity contribution < 1.29 is 0 Å². The van der Waals surface area contributed by atoms with Gasteiger partial charge < -0.3 is 4.57 Å². The fourth-order valence-corrected chi connectivity index (χ4v) is 9.08. The first-order chi connectivity index (χ1) is 25.8. The zero-order chi connectivity index (χ0) is 34.2. The molecule has 0 bridgehead atoms. The molecule has 5 heteroatoms. The molecule has 0 saturated carbocycles. The van der Waals surface area contributed by atoms with Crippen molar-refractivity contribution in [1.29, 1.82) is 0 Å². The number of fused-ring (bicyclic) bond motifs is 1. The van der Waals surface area contributed by atoms with Crippen molar-refractivity contribution in [3.63, 3.8) is 0 Å². The Morgan fingerprint density at radius 1 is 0.385 bits per heavy atom. The summed E-state index contributed by atoms with van der Waals surface area (Å²) < 4.78 is 2.48. The Morgan fingerprint density at radius 3 is 1.73 bits per heavy atom. The van der Waals surface area contributed by atoms with Crippen LogP contribution in [-0.4, -0.2) is 19.5 Å². The summed E-state index contributed by atoms with van der Waals surface area (Å²) >= 11 is 1.88. The topological polar surface area (TPSA) is 43.6 Å². The Balaban J connectivity index is 1.20. The van der Waals surface area contributed by atoms with E-state index >= 15 is 0 Å². The molecule has 10 aromatic rings. The Kier molecular flexibility index (Phi) is 6.45. The van der Waals surface area contributed by atoms with E-state index in [9.17, 15) is 0 Å². The quantitative estimate of drug-likeness (QED) is 0.181. The summed E-state index contributed by atoms with van der Waals surface area (Å²) in [4.78, 5) is 17.8. The summed E-state index contributed by atoms with van der Waals surface area (Å²) in [5.41, 5.74) is 8.83. The molecule has 0 fully saturated rings. The van der Waals surface area contributed by atoms with Crippen LogP contribution in [0.1, 0.15) is 0 Å². The van der Waals surface area contributed by atoms with E-state index in [2.05, 4.69) is 138 Å². The van der Waals surface area contributed by atoms with Gasteiger partial charge in [-0.25, -0.2) is 15.0 Å². The second-order valence-corrected chi connectivity index (χ2v) is 14.3. The standard InChI is InChI=1S/C47H28N4S/c1-4-13-29(14-5-1)33-27-39-43-41(28-33)52-40-22-12-19-30-23-25-38(44(43)42(30)40)51(39)37-26-24-36(34-20-10-11-21-35(34)37)47-49-45(31-15-6-2-7-16-31)48-46(50-47)32-17-8-3-9-18-32/h1-28H. The molecule has 0 N–H and O–H groups in total. The van der Waals surface area contributed by atoms with Gasteiger partial charge in [0.1, 0.15) is 0 Å². The molecule has 242 valence electrons. The highest BCUT2D eigenvalue weighted by Crippen LogP contribution is 2.51. The molecule has 1 aliphatic heterocycles. The average Bonchev–Trinajstić information content (AvgIpc) is 3.56. The van der Waals surface area contributed by atoms with E-state index in [4.69, 9.17) is 15.0 Å². The molecule has 0 spiro atoms. The maximum Gasteiger partial charge on any atom is 0.164 e. The fourth-order valence-electron chi connectivity index (χ4n) is 7.88. The number of nitrogens with zero attached hydrogens (tertiary/aromatic N) is 4. The molecule has 0 aliphatic carbocycles. The molecular formula is C47H28N4S. The van der Waals surface area contributed by atoms with E-state index in [-0.39, 0.29) is 0 Å². The molecule has 8 aromatic carbocycles. The number of rotatable bonds is 5. The summed E-state index contributed by atoms with van der Waals surface area (Å²) in [5.74, 6) is 1.95. The predicted molar refractivity (Wildman–Crippen MR) is 215 cm³/mol. The SMILES string of the molecule is c1ccc(-c2cc3c4c5c6c(cccc6ccc5n(-c5ccc(-c6nc(-c7ccccc7)nc(-c7ccccc7)n6)c6ccccc56)c4c2)S3)cc1. The van der Waals surface area contributed by atoms with Crippen LogP contribution in [0.15, 0.2) is 180 Å². The minimum atomic E-state index is 0.649. The molecule has 11 rings (SSSR count). The van der Waals surface area contributed by atoms with Crippen molar-refractivity contribution >= 4 is 55.1 Å². The van der Waals surface area contributed by atoms with E-state index in [1.54, 1.807) is 0 Å². The Morgan fingerprint density at radius 2 is 1.02 bits per heavy atom. The molecule has 0 unspecified atom stereocenters. The Labute approximate surface area is 304 Å². The maximum atomic E-state index is 5.11. The molecule has 3 heterocycles. The van der Waals surface area contributed by atoms with E-state index in [1.807, 2.05) is 48.2 Å². The molecule has 2 aromatic heterocycles. The van der Waals surface area contributed by atoms with Gasteiger partial charge in [0.05, 0.1) is 16.7 Å². The van der Waals surface area contributed by atoms with Crippen molar-refractivity contribution in [2.45, 2.75) is 9.79 Å². The summed E-state index contributed by atoms with van der Waals surface area (Å²) in [6, 6.07) is 60.1. The van der Waals surface area contributed by atoms with Crippen LogP contribution in [0.3, 0.4) is 0 Å². The minimum absolute atomic E-state index is 0.649. The van der Waals surface area contributed by atoms with E-state index < -0.39 is 0 Å². The van der Waals surface area contributed by atoms with E-state index in [0.717, 1.165) is 33.2 Å². The lowest BCUT2D eigenvalue weighted by Gasteiger charge is -2.16. The van der Waals surface area contributed by atoms with Crippen molar-refractivity contribution in [3.05, 3.63) is 170 Å². The van der Waals surface area contributed by atoms with Crippen molar-refractivity contribution in [2.24, 2.45) is 0 Å². The third-order valence-corrected chi connectivity index (χ3v) is 11.3. The lowest BCUT2D eigenvalue weighted by Crippen LogP contribution is -2.01. The molecule has 0 radical (unpaired) electrons. The highest BCUT2D eigenvalue weighted by Gasteiger charge is 2.26. The highest BCUT2D eigenvalue weighted by atomic mass is 32.2. The van der Waals surface area contributed by atoms with Gasteiger partial charge in [0.15, 0.2) is 17.5 Å². The van der Waals surface area contributed by atoms with Crippen molar-refractivity contribution in [3.8, 4) is 51.0 Å². The molecule has 0 amide bonds. The zero-order valence-corrected chi connectivity index (χ0v) is 28.7. The Hall–Kier alpha value is -6.56. The van der Waals surface area contributed by atoms with Crippen LogP contribution in [0, 0.1) is 0 Å². The van der Waals surface area contributed by atoms with Crippen molar-refractivity contribution in [2.75, 3.05) is 0 Å². The second kappa shape index (κ2) is 11.5.